The van der Waals surface area contributed by atoms with Crippen LogP contribution in [0.5, 0.6) is 17.2 Å². The lowest BCUT2D eigenvalue weighted by atomic mass is 9.90. The molecule has 0 bridgehead atoms. The quantitative estimate of drug-likeness (QED) is 0.319. The zero-order valence-corrected chi connectivity index (χ0v) is 20.4. The van der Waals surface area contributed by atoms with Crippen LogP contribution >= 0.6 is 0 Å². The lowest BCUT2D eigenvalue weighted by molar-refractivity contribution is 0.223. The highest BCUT2D eigenvalue weighted by molar-refractivity contribution is 5.98. The second-order valence-electron chi connectivity index (χ2n) is 7.86. The van der Waals surface area contributed by atoms with Gasteiger partial charge in [-0.25, -0.2) is 0 Å². The standard InChI is InChI=1S/C29H35NO3/c1-6-30(7-2)20-21-33-28-18-12-25(13-19-28)29(24-10-16-27(32-5)17-11-24)22(3)23-8-14-26(31-4)15-9-23/h8-19H,6-7,20-21H2,1-5H3/b29-22+. The molecule has 0 radical (unpaired) electrons. The molecular weight excluding hydrogens is 410 g/mol. The van der Waals surface area contributed by atoms with Crippen LogP contribution in [0.25, 0.3) is 11.1 Å². The van der Waals surface area contributed by atoms with Gasteiger partial charge in [0, 0.05) is 6.54 Å². The number of rotatable bonds is 11. The maximum atomic E-state index is 5.99. The van der Waals surface area contributed by atoms with Crippen LogP contribution in [0.1, 0.15) is 37.5 Å². The van der Waals surface area contributed by atoms with E-state index in [2.05, 4.69) is 74.2 Å². The largest absolute Gasteiger partial charge is 0.497 e. The molecule has 0 saturated carbocycles. The molecular formula is C29H35NO3. The molecule has 0 N–H and O–H groups in total. The second-order valence-corrected chi connectivity index (χ2v) is 7.86. The van der Waals surface area contributed by atoms with E-state index >= 15 is 0 Å². The molecule has 3 aromatic carbocycles. The van der Waals surface area contributed by atoms with Crippen LogP contribution in [0.2, 0.25) is 0 Å². The van der Waals surface area contributed by atoms with Crippen molar-refractivity contribution >= 4 is 11.1 Å². The third-order valence-electron chi connectivity index (χ3n) is 5.99. The Labute approximate surface area is 198 Å². The van der Waals surface area contributed by atoms with E-state index in [1.165, 1.54) is 11.1 Å². The van der Waals surface area contributed by atoms with Gasteiger partial charge in [0.15, 0.2) is 0 Å². The van der Waals surface area contributed by atoms with Gasteiger partial charge in [0.25, 0.3) is 0 Å². The molecule has 0 aliphatic rings. The topological polar surface area (TPSA) is 30.9 Å². The van der Waals surface area contributed by atoms with Crippen molar-refractivity contribution < 1.29 is 14.2 Å². The van der Waals surface area contributed by atoms with E-state index in [1.54, 1.807) is 14.2 Å². The Hall–Kier alpha value is -3.24. The number of hydrogen-bond acceptors (Lipinski definition) is 4. The number of nitrogens with zero attached hydrogens (tertiary/aromatic N) is 1. The van der Waals surface area contributed by atoms with Gasteiger partial charge >= 0.3 is 0 Å². The summed E-state index contributed by atoms with van der Waals surface area (Å²) >= 11 is 0. The first-order chi connectivity index (χ1) is 16.1. The molecule has 3 rings (SSSR count). The van der Waals surface area contributed by atoms with E-state index in [0.29, 0.717) is 6.61 Å². The maximum absolute atomic E-state index is 5.99. The highest BCUT2D eigenvalue weighted by Gasteiger charge is 2.12. The molecule has 0 fully saturated rings. The number of ether oxygens (including phenoxy) is 3. The fraction of sp³-hybridized carbons (Fsp3) is 0.310. The summed E-state index contributed by atoms with van der Waals surface area (Å²) < 4.78 is 16.7. The molecule has 4 heteroatoms. The first-order valence-corrected chi connectivity index (χ1v) is 11.5. The molecule has 0 amide bonds. The number of likely N-dealkylation sites (N-methyl/N-ethyl adjacent to an activating group) is 1. The van der Waals surface area contributed by atoms with Crippen LogP contribution in [0.3, 0.4) is 0 Å². The maximum Gasteiger partial charge on any atom is 0.119 e. The lowest BCUT2D eigenvalue weighted by Gasteiger charge is -2.18. The molecule has 0 atom stereocenters. The minimum absolute atomic E-state index is 0.688. The predicted molar refractivity (Wildman–Crippen MR) is 137 cm³/mol. The van der Waals surface area contributed by atoms with Crippen LogP contribution in [-0.2, 0) is 0 Å². The van der Waals surface area contributed by atoms with Gasteiger partial charge in [-0.05, 0) is 84.2 Å². The summed E-state index contributed by atoms with van der Waals surface area (Å²) in [6.07, 6.45) is 0. The zero-order chi connectivity index (χ0) is 23.6. The van der Waals surface area contributed by atoms with Crippen molar-refractivity contribution in [2.75, 3.05) is 40.5 Å². The summed E-state index contributed by atoms with van der Waals surface area (Å²) in [4.78, 5) is 2.36. The van der Waals surface area contributed by atoms with E-state index in [-0.39, 0.29) is 0 Å². The summed E-state index contributed by atoms with van der Waals surface area (Å²) in [5.74, 6) is 2.59. The van der Waals surface area contributed by atoms with Gasteiger partial charge in [-0.1, -0.05) is 50.2 Å². The van der Waals surface area contributed by atoms with Gasteiger partial charge in [-0.2, -0.15) is 0 Å². The van der Waals surface area contributed by atoms with Gasteiger partial charge in [-0.15, -0.1) is 0 Å². The second kappa shape index (κ2) is 12.1. The fourth-order valence-electron chi connectivity index (χ4n) is 3.89. The molecule has 4 nitrogen and oxygen atoms in total. The predicted octanol–water partition coefficient (Wildman–Crippen LogP) is 6.40. The third-order valence-corrected chi connectivity index (χ3v) is 5.99. The Kier molecular flexibility index (Phi) is 8.96. The van der Waals surface area contributed by atoms with Crippen molar-refractivity contribution in [3.8, 4) is 17.2 Å². The summed E-state index contributed by atoms with van der Waals surface area (Å²) in [6, 6.07) is 24.8. The average Bonchev–Trinajstić information content (AvgIpc) is 2.88. The molecule has 0 aliphatic heterocycles. The van der Waals surface area contributed by atoms with Crippen molar-refractivity contribution in [1.29, 1.82) is 0 Å². The highest BCUT2D eigenvalue weighted by atomic mass is 16.5. The Morgan fingerprint density at radius 3 is 1.48 bits per heavy atom. The van der Waals surface area contributed by atoms with Crippen molar-refractivity contribution in [1.82, 2.24) is 4.90 Å². The van der Waals surface area contributed by atoms with Crippen LogP contribution in [-0.4, -0.2) is 45.4 Å². The molecule has 0 heterocycles. The van der Waals surface area contributed by atoms with Crippen molar-refractivity contribution in [2.45, 2.75) is 20.8 Å². The lowest BCUT2D eigenvalue weighted by Crippen LogP contribution is -2.27. The average molecular weight is 446 g/mol. The van der Waals surface area contributed by atoms with E-state index < -0.39 is 0 Å². The fourth-order valence-corrected chi connectivity index (χ4v) is 3.89. The van der Waals surface area contributed by atoms with Crippen LogP contribution in [0.4, 0.5) is 0 Å². The van der Waals surface area contributed by atoms with Gasteiger partial charge < -0.3 is 19.1 Å². The normalized spacial score (nSPS) is 11.8. The Bertz CT molecular complexity index is 1020. The highest BCUT2D eigenvalue weighted by Crippen LogP contribution is 2.34. The number of benzene rings is 3. The Balaban J connectivity index is 1.91. The smallest absolute Gasteiger partial charge is 0.119 e. The van der Waals surface area contributed by atoms with Crippen molar-refractivity contribution in [2.24, 2.45) is 0 Å². The van der Waals surface area contributed by atoms with Crippen molar-refractivity contribution in [3.63, 3.8) is 0 Å². The molecule has 0 aromatic heterocycles. The zero-order valence-electron chi connectivity index (χ0n) is 20.4. The molecule has 0 saturated heterocycles. The third kappa shape index (κ3) is 6.39. The van der Waals surface area contributed by atoms with E-state index in [1.807, 2.05) is 24.3 Å². The Morgan fingerprint density at radius 2 is 1.06 bits per heavy atom. The van der Waals surface area contributed by atoms with Gasteiger partial charge in [0.1, 0.15) is 23.9 Å². The molecule has 0 aliphatic carbocycles. The summed E-state index contributed by atoms with van der Waals surface area (Å²) in [5, 5.41) is 0. The van der Waals surface area contributed by atoms with E-state index in [0.717, 1.165) is 53.6 Å². The van der Waals surface area contributed by atoms with Gasteiger partial charge in [0.05, 0.1) is 14.2 Å². The summed E-state index contributed by atoms with van der Waals surface area (Å²) in [6.45, 7) is 10.2. The number of hydrogen-bond donors (Lipinski definition) is 0. The molecule has 0 unspecified atom stereocenters. The van der Waals surface area contributed by atoms with Crippen LogP contribution in [0.15, 0.2) is 72.8 Å². The Morgan fingerprint density at radius 1 is 0.636 bits per heavy atom. The van der Waals surface area contributed by atoms with Crippen LogP contribution < -0.4 is 14.2 Å². The minimum Gasteiger partial charge on any atom is -0.497 e. The SMILES string of the molecule is CCN(CC)CCOc1ccc(/C(=C(\C)c2ccc(OC)cc2)c2ccc(OC)cc2)cc1. The summed E-state index contributed by atoms with van der Waals surface area (Å²) in [7, 11) is 3.37. The summed E-state index contributed by atoms with van der Waals surface area (Å²) in [5.41, 5.74) is 5.81. The molecule has 174 valence electrons. The molecule has 33 heavy (non-hydrogen) atoms. The number of allylic oxidation sites excluding steroid dienone is 1. The van der Waals surface area contributed by atoms with Crippen molar-refractivity contribution in [3.05, 3.63) is 89.5 Å². The number of methoxy groups -OCH3 is 2. The first-order valence-electron chi connectivity index (χ1n) is 11.5. The van der Waals surface area contributed by atoms with Gasteiger partial charge in [-0.3, -0.25) is 0 Å². The van der Waals surface area contributed by atoms with Crippen LogP contribution in [0, 0.1) is 0 Å². The molecule has 3 aromatic rings. The first kappa shape index (κ1) is 24.4. The molecule has 0 spiro atoms. The van der Waals surface area contributed by atoms with E-state index in [9.17, 15) is 0 Å². The monoisotopic (exact) mass is 445 g/mol. The van der Waals surface area contributed by atoms with E-state index in [4.69, 9.17) is 14.2 Å². The van der Waals surface area contributed by atoms with Gasteiger partial charge in [0.2, 0.25) is 0 Å². The minimum atomic E-state index is 0.688.